The van der Waals surface area contributed by atoms with Gasteiger partial charge in [-0.05, 0) is 89.3 Å². The van der Waals surface area contributed by atoms with E-state index >= 15 is 0 Å². The van der Waals surface area contributed by atoms with Crippen LogP contribution in [0.5, 0.6) is 0 Å². The van der Waals surface area contributed by atoms with E-state index in [0.717, 1.165) is 33.6 Å². The molecule has 0 atom stereocenters. The zero-order chi connectivity index (χ0) is 28.6. The van der Waals surface area contributed by atoms with Crippen LogP contribution in [0.3, 0.4) is 0 Å². The molecule has 1 heterocycles. The van der Waals surface area contributed by atoms with Crippen LogP contribution in [0.25, 0.3) is 21.9 Å². The van der Waals surface area contributed by atoms with Crippen LogP contribution in [0.4, 0.5) is 22.7 Å². The Morgan fingerprint density at radius 3 is 1.67 bits per heavy atom. The Bertz CT molecular complexity index is 1950. The lowest BCUT2D eigenvalue weighted by atomic mass is 9.89. The summed E-state index contributed by atoms with van der Waals surface area (Å²) >= 11 is 0. The van der Waals surface area contributed by atoms with Gasteiger partial charge in [0.15, 0.2) is 0 Å². The van der Waals surface area contributed by atoms with Gasteiger partial charge in [0.1, 0.15) is 0 Å². The van der Waals surface area contributed by atoms with Gasteiger partial charge in [-0.25, -0.2) is 4.90 Å². The first-order valence-corrected chi connectivity index (χ1v) is 13.6. The zero-order valence-corrected chi connectivity index (χ0v) is 22.4. The fourth-order valence-corrected chi connectivity index (χ4v) is 5.66. The first-order valence-electron chi connectivity index (χ1n) is 13.6. The van der Waals surface area contributed by atoms with Crippen LogP contribution in [-0.4, -0.2) is 11.8 Å². The highest BCUT2D eigenvalue weighted by Gasteiger charge is 2.34. The first kappa shape index (κ1) is 25.0. The molecule has 5 heteroatoms. The number of benzene rings is 6. The second-order valence-corrected chi connectivity index (χ2v) is 10.0. The molecule has 1 aliphatic heterocycles. The van der Waals surface area contributed by atoms with Crippen molar-refractivity contribution >= 4 is 45.3 Å². The molecular weight excluding hydrogens is 518 g/mol. The fraction of sp³-hybridized carbons (Fsp3) is 0. The van der Waals surface area contributed by atoms with Gasteiger partial charge in [0.05, 0.1) is 17.3 Å². The molecule has 42 heavy (non-hydrogen) atoms. The van der Waals surface area contributed by atoms with Gasteiger partial charge in [-0.15, -0.1) is 0 Å². The number of carbonyl (C=O) groups is 2. The smallest absolute Gasteiger partial charge is 0.265 e. The Morgan fingerprint density at radius 2 is 1.07 bits per heavy atom. The van der Waals surface area contributed by atoms with Gasteiger partial charge >= 0.3 is 0 Å². The number of hydrogen-bond donors (Lipinski definition) is 0. The van der Waals surface area contributed by atoms with E-state index in [1.807, 2.05) is 54.6 Å². The number of amides is 2. The lowest BCUT2D eigenvalue weighted by Crippen LogP contribution is -2.40. The summed E-state index contributed by atoms with van der Waals surface area (Å²) in [6, 6.07) is 46.7. The molecule has 0 fully saturated rings. The molecule has 0 aliphatic carbocycles. The molecule has 0 saturated carbocycles. The summed E-state index contributed by atoms with van der Waals surface area (Å²) < 4.78 is 0. The van der Waals surface area contributed by atoms with Gasteiger partial charge in [-0.2, -0.15) is 5.26 Å². The number of rotatable bonds is 5. The number of carbonyl (C=O) groups excluding carboxylic acids is 2. The predicted molar refractivity (Wildman–Crippen MR) is 166 cm³/mol. The van der Waals surface area contributed by atoms with Gasteiger partial charge in [-0.1, -0.05) is 66.7 Å². The molecule has 5 nitrogen and oxygen atoms in total. The van der Waals surface area contributed by atoms with E-state index in [-0.39, 0.29) is 11.8 Å². The van der Waals surface area contributed by atoms with Crippen LogP contribution in [0.1, 0.15) is 26.3 Å². The maximum atomic E-state index is 13.6. The molecule has 0 N–H and O–H groups in total. The summed E-state index contributed by atoms with van der Waals surface area (Å²) in [5.41, 5.74) is 6.91. The molecule has 0 saturated heterocycles. The lowest BCUT2D eigenvalue weighted by Gasteiger charge is -2.28. The van der Waals surface area contributed by atoms with Crippen LogP contribution >= 0.6 is 0 Å². The average molecular weight is 542 g/mol. The molecule has 198 valence electrons. The molecule has 0 unspecified atom stereocenters. The highest BCUT2D eigenvalue weighted by Crippen LogP contribution is 2.40. The predicted octanol–water partition coefficient (Wildman–Crippen LogP) is 8.65. The summed E-state index contributed by atoms with van der Waals surface area (Å²) in [5, 5.41) is 10.7. The van der Waals surface area contributed by atoms with Crippen molar-refractivity contribution in [2.24, 2.45) is 0 Å². The van der Waals surface area contributed by atoms with Gasteiger partial charge in [0.2, 0.25) is 0 Å². The maximum Gasteiger partial charge on any atom is 0.265 e. The number of nitrogens with zero attached hydrogens (tertiary/aromatic N) is 3. The van der Waals surface area contributed by atoms with Gasteiger partial charge in [0.25, 0.3) is 11.8 Å². The minimum Gasteiger partial charge on any atom is -0.311 e. The van der Waals surface area contributed by atoms with Crippen LogP contribution in [0.15, 0.2) is 140 Å². The van der Waals surface area contributed by atoms with Crippen molar-refractivity contribution in [1.29, 1.82) is 5.26 Å². The van der Waals surface area contributed by atoms with Crippen molar-refractivity contribution < 1.29 is 9.59 Å². The largest absolute Gasteiger partial charge is 0.311 e. The van der Waals surface area contributed by atoms with E-state index < -0.39 is 0 Å². The van der Waals surface area contributed by atoms with E-state index in [0.29, 0.717) is 27.8 Å². The Morgan fingerprint density at radius 1 is 0.524 bits per heavy atom. The number of imide groups is 1. The highest BCUT2D eigenvalue weighted by molar-refractivity contribution is 6.36. The quantitative estimate of drug-likeness (QED) is 0.205. The van der Waals surface area contributed by atoms with Crippen molar-refractivity contribution in [3.8, 4) is 17.2 Å². The summed E-state index contributed by atoms with van der Waals surface area (Å²) in [5.74, 6) is -0.756. The van der Waals surface area contributed by atoms with Gasteiger partial charge in [0, 0.05) is 33.6 Å². The molecule has 2 amide bonds. The van der Waals surface area contributed by atoms with E-state index in [1.54, 1.807) is 36.4 Å². The summed E-state index contributed by atoms with van der Waals surface area (Å²) in [4.78, 5) is 30.7. The molecule has 7 rings (SSSR count). The molecule has 0 radical (unpaired) electrons. The molecule has 0 aromatic heterocycles. The minimum absolute atomic E-state index is 0.378. The average Bonchev–Trinajstić information content (AvgIpc) is 3.05. The summed E-state index contributed by atoms with van der Waals surface area (Å²) in [6.07, 6.45) is 0. The molecular formula is C37H23N3O2. The lowest BCUT2D eigenvalue weighted by molar-refractivity contribution is 0.0893. The number of anilines is 4. The standard InChI is InChI=1S/C37H23N3O2/c38-24-25-14-18-30(19-15-25)40-36(41)33-13-7-12-32-31(22-23-34(35(32)33)37(40)42)26-16-20-29(21-17-26)39(27-8-3-1-4-9-27)28-10-5-2-6-11-28/h1-23H. The molecule has 0 spiro atoms. The van der Waals surface area contributed by atoms with Crippen LogP contribution < -0.4 is 9.80 Å². The van der Waals surface area contributed by atoms with Crippen LogP contribution in [0.2, 0.25) is 0 Å². The second-order valence-electron chi connectivity index (χ2n) is 10.0. The van der Waals surface area contributed by atoms with Crippen molar-refractivity contribution in [3.63, 3.8) is 0 Å². The van der Waals surface area contributed by atoms with Gasteiger partial charge < -0.3 is 4.90 Å². The normalized spacial score (nSPS) is 12.3. The number of hydrogen-bond acceptors (Lipinski definition) is 4. The van der Waals surface area contributed by atoms with Crippen molar-refractivity contribution in [2.75, 3.05) is 9.80 Å². The highest BCUT2D eigenvalue weighted by atomic mass is 16.2. The third kappa shape index (κ3) is 4.11. The van der Waals surface area contributed by atoms with E-state index in [2.05, 4.69) is 59.5 Å². The van der Waals surface area contributed by atoms with Gasteiger partial charge in [-0.3, -0.25) is 9.59 Å². The van der Waals surface area contributed by atoms with E-state index in [4.69, 9.17) is 5.26 Å². The Labute approximate surface area is 243 Å². The second kappa shape index (κ2) is 10.2. The number of nitriles is 1. The van der Waals surface area contributed by atoms with Crippen molar-refractivity contribution in [2.45, 2.75) is 0 Å². The molecule has 6 aromatic carbocycles. The Hall–Kier alpha value is -5.99. The van der Waals surface area contributed by atoms with E-state index in [9.17, 15) is 9.59 Å². The third-order valence-corrected chi connectivity index (χ3v) is 7.63. The Kier molecular flexibility index (Phi) is 6.07. The third-order valence-electron chi connectivity index (χ3n) is 7.63. The fourth-order valence-electron chi connectivity index (χ4n) is 5.66. The maximum absolute atomic E-state index is 13.6. The zero-order valence-electron chi connectivity index (χ0n) is 22.4. The monoisotopic (exact) mass is 541 g/mol. The Balaban J connectivity index is 1.30. The molecule has 1 aliphatic rings. The van der Waals surface area contributed by atoms with Crippen molar-refractivity contribution in [1.82, 2.24) is 0 Å². The SMILES string of the molecule is N#Cc1ccc(N2C(=O)c3cccc4c(-c5ccc(N(c6ccccc6)c6ccccc6)cc5)ccc(c34)C2=O)cc1. The van der Waals surface area contributed by atoms with E-state index in [1.165, 1.54) is 4.90 Å². The van der Waals surface area contributed by atoms with Crippen LogP contribution in [0, 0.1) is 11.3 Å². The summed E-state index contributed by atoms with van der Waals surface area (Å²) in [6.45, 7) is 0. The number of para-hydroxylation sites is 2. The molecule has 0 bridgehead atoms. The first-order chi connectivity index (χ1) is 20.6. The topological polar surface area (TPSA) is 64.4 Å². The molecule has 6 aromatic rings. The summed E-state index contributed by atoms with van der Waals surface area (Å²) in [7, 11) is 0. The van der Waals surface area contributed by atoms with Crippen LogP contribution in [-0.2, 0) is 0 Å². The van der Waals surface area contributed by atoms with Crippen molar-refractivity contribution in [3.05, 3.63) is 156 Å². The minimum atomic E-state index is -0.378.